The maximum atomic E-state index is 12.2. The summed E-state index contributed by atoms with van der Waals surface area (Å²) >= 11 is 0. The van der Waals surface area contributed by atoms with E-state index < -0.39 is 6.36 Å². The van der Waals surface area contributed by atoms with Crippen LogP contribution in [0, 0.1) is 0 Å². The smallest absolute Gasteiger partial charge is 0.481 e. The van der Waals surface area contributed by atoms with Gasteiger partial charge in [0.1, 0.15) is 5.75 Å². The molecule has 3 nitrogen and oxygen atoms in total. The van der Waals surface area contributed by atoms with E-state index >= 15 is 0 Å². The van der Waals surface area contributed by atoms with Gasteiger partial charge in [-0.1, -0.05) is 18.2 Å². The van der Waals surface area contributed by atoms with Gasteiger partial charge in [-0.15, -0.1) is 13.2 Å². The molecule has 21 heavy (non-hydrogen) atoms. The van der Waals surface area contributed by atoms with Crippen LogP contribution in [0.25, 0.3) is 0 Å². The molecule has 0 N–H and O–H groups in total. The van der Waals surface area contributed by atoms with Crippen molar-refractivity contribution in [2.24, 2.45) is 0 Å². The molecule has 0 atom stereocenters. The van der Waals surface area contributed by atoms with Crippen LogP contribution < -0.4 is 9.47 Å². The van der Waals surface area contributed by atoms with Crippen molar-refractivity contribution in [3.63, 3.8) is 0 Å². The van der Waals surface area contributed by atoms with Crippen LogP contribution in [0.2, 0.25) is 0 Å². The number of nitrogens with zero attached hydrogens (tertiary/aromatic N) is 1. The molecule has 0 unspecified atom stereocenters. The van der Waals surface area contributed by atoms with Gasteiger partial charge in [0.2, 0.25) is 5.88 Å². The van der Waals surface area contributed by atoms with Crippen molar-refractivity contribution in [3.8, 4) is 11.6 Å². The molecule has 0 aliphatic rings. The Morgan fingerprint density at radius 3 is 2.52 bits per heavy atom. The van der Waals surface area contributed by atoms with Crippen molar-refractivity contribution in [2.45, 2.75) is 19.2 Å². The second-order valence-corrected chi connectivity index (χ2v) is 4.37. The monoisotopic (exact) mass is 297 g/mol. The van der Waals surface area contributed by atoms with Crippen LogP contribution in [0.4, 0.5) is 13.2 Å². The van der Waals surface area contributed by atoms with Gasteiger partial charge in [0.25, 0.3) is 0 Å². The molecule has 0 fully saturated rings. The van der Waals surface area contributed by atoms with E-state index in [2.05, 4.69) is 9.72 Å². The summed E-state index contributed by atoms with van der Waals surface area (Å²) in [5.41, 5.74) is 1.57. The number of ether oxygens (including phenoxy) is 2. The van der Waals surface area contributed by atoms with Crippen LogP contribution in [-0.2, 0) is 12.8 Å². The van der Waals surface area contributed by atoms with E-state index in [1.165, 1.54) is 25.3 Å². The van der Waals surface area contributed by atoms with E-state index in [9.17, 15) is 13.2 Å². The summed E-state index contributed by atoms with van der Waals surface area (Å²) in [7, 11) is 1.53. The van der Waals surface area contributed by atoms with Gasteiger partial charge in [-0.2, -0.15) is 0 Å². The highest BCUT2D eigenvalue weighted by Crippen LogP contribution is 2.23. The predicted molar refractivity (Wildman–Crippen MR) is 71.3 cm³/mol. The van der Waals surface area contributed by atoms with Crippen LogP contribution in [0.5, 0.6) is 11.6 Å². The van der Waals surface area contributed by atoms with E-state index in [1.807, 2.05) is 12.1 Å². The van der Waals surface area contributed by atoms with Gasteiger partial charge in [0.15, 0.2) is 0 Å². The third kappa shape index (κ3) is 4.98. The first kappa shape index (κ1) is 15.2. The second kappa shape index (κ2) is 6.47. The Morgan fingerprint density at radius 2 is 1.81 bits per heavy atom. The number of rotatable bonds is 5. The van der Waals surface area contributed by atoms with E-state index in [0.717, 1.165) is 11.3 Å². The van der Waals surface area contributed by atoms with Crippen molar-refractivity contribution in [1.29, 1.82) is 0 Å². The molecule has 1 heterocycles. The zero-order chi connectivity index (χ0) is 15.3. The highest BCUT2D eigenvalue weighted by atomic mass is 19.4. The fraction of sp³-hybridized carbons (Fsp3) is 0.267. The SMILES string of the molecule is COc1cccc(CCc2cccc(OC(F)(F)F)c2)n1. The molecular weight excluding hydrogens is 283 g/mol. The predicted octanol–water partition coefficient (Wildman–Crippen LogP) is 3.77. The average molecular weight is 297 g/mol. The minimum absolute atomic E-state index is 0.210. The summed E-state index contributed by atoms with van der Waals surface area (Å²) in [6.07, 6.45) is -3.51. The van der Waals surface area contributed by atoms with Gasteiger partial charge < -0.3 is 9.47 Å². The molecule has 0 aliphatic heterocycles. The first-order chi connectivity index (χ1) is 9.96. The van der Waals surface area contributed by atoms with Gasteiger partial charge >= 0.3 is 6.36 Å². The number of halogens is 3. The minimum atomic E-state index is -4.67. The number of pyridine rings is 1. The van der Waals surface area contributed by atoms with Crippen molar-refractivity contribution >= 4 is 0 Å². The molecule has 0 radical (unpaired) electrons. The van der Waals surface area contributed by atoms with Gasteiger partial charge in [-0.3, -0.25) is 0 Å². The Bertz CT molecular complexity index is 599. The zero-order valence-electron chi connectivity index (χ0n) is 11.4. The Morgan fingerprint density at radius 1 is 1.05 bits per heavy atom. The zero-order valence-corrected chi connectivity index (χ0v) is 11.4. The number of alkyl halides is 3. The molecule has 0 saturated carbocycles. The molecule has 1 aromatic carbocycles. The Balaban J connectivity index is 2.01. The molecular formula is C15H14F3NO2. The van der Waals surface area contributed by atoms with Gasteiger partial charge in [0.05, 0.1) is 7.11 Å². The van der Waals surface area contributed by atoms with Crippen molar-refractivity contribution in [3.05, 3.63) is 53.7 Å². The van der Waals surface area contributed by atoms with Crippen LogP contribution >= 0.6 is 0 Å². The normalized spacial score (nSPS) is 11.2. The third-order valence-corrected chi connectivity index (χ3v) is 2.79. The van der Waals surface area contributed by atoms with E-state index in [4.69, 9.17) is 4.74 Å². The molecule has 0 amide bonds. The standard InChI is InChI=1S/C15H14F3NO2/c1-20-14-7-3-5-12(19-14)9-8-11-4-2-6-13(10-11)21-15(16,17)18/h2-7,10H,8-9H2,1H3. The molecule has 1 aromatic heterocycles. The number of hydrogen-bond acceptors (Lipinski definition) is 3. The lowest BCUT2D eigenvalue weighted by Crippen LogP contribution is -2.17. The molecule has 0 saturated heterocycles. The Kier molecular flexibility index (Phi) is 4.67. The lowest BCUT2D eigenvalue weighted by Gasteiger charge is -2.10. The number of benzene rings is 1. The maximum Gasteiger partial charge on any atom is 0.573 e. The van der Waals surface area contributed by atoms with Crippen LogP contribution in [0.1, 0.15) is 11.3 Å². The third-order valence-electron chi connectivity index (χ3n) is 2.79. The Labute approximate surface area is 120 Å². The summed E-state index contributed by atoms with van der Waals surface area (Å²) < 4.78 is 45.4. The van der Waals surface area contributed by atoms with E-state index in [1.54, 1.807) is 12.1 Å². The average Bonchev–Trinajstić information content (AvgIpc) is 2.44. The number of aromatic nitrogens is 1. The number of methoxy groups -OCH3 is 1. The molecule has 2 rings (SSSR count). The van der Waals surface area contributed by atoms with E-state index in [0.29, 0.717) is 18.7 Å². The quantitative estimate of drug-likeness (QED) is 0.841. The summed E-state index contributed by atoms with van der Waals surface area (Å²) in [6.45, 7) is 0. The summed E-state index contributed by atoms with van der Waals surface area (Å²) in [4.78, 5) is 4.25. The number of hydrogen-bond donors (Lipinski definition) is 0. The summed E-state index contributed by atoms with van der Waals surface area (Å²) in [5, 5.41) is 0. The van der Waals surface area contributed by atoms with Crippen molar-refractivity contribution in [2.75, 3.05) is 7.11 Å². The summed E-state index contributed by atoms with van der Waals surface area (Å²) in [6, 6.07) is 11.4. The van der Waals surface area contributed by atoms with Crippen LogP contribution in [-0.4, -0.2) is 18.5 Å². The first-order valence-corrected chi connectivity index (χ1v) is 6.31. The fourth-order valence-corrected chi connectivity index (χ4v) is 1.88. The lowest BCUT2D eigenvalue weighted by atomic mass is 10.1. The number of aryl methyl sites for hydroxylation is 2. The fourth-order valence-electron chi connectivity index (χ4n) is 1.88. The Hall–Kier alpha value is -2.24. The first-order valence-electron chi connectivity index (χ1n) is 6.31. The molecule has 0 bridgehead atoms. The van der Waals surface area contributed by atoms with E-state index in [-0.39, 0.29) is 5.75 Å². The van der Waals surface area contributed by atoms with Gasteiger partial charge in [-0.25, -0.2) is 4.98 Å². The van der Waals surface area contributed by atoms with Crippen molar-refractivity contribution in [1.82, 2.24) is 4.98 Å². The lowest BCUT2D eigenvalue weighted by molar-refractivity contribution is -0.274. The minimum Gasteiger partial charge on any atom is -0.481 e. The van der Waals surface area contributed by atoms with Gasteiger partial charge in [-0.05, 0) is 36.6 Å². The summed E-state index contributed by atoms with van der Waals surface area (Å²) in [5.74, 6) is 0.306. The molecule has 0 aliphatic carbocycles. The highest BCUT2D eigenvalue weighted by molar-refractivity contribution is 5.29. The molecule has 2 aromatic rings. The van der Waals surface area contributed by atoms with Crippen LogP contribution in [0.15, 0.2) is 42.5 Å². The molecule has 112 valence electrons. The molecule has 6 heteroatoms. The van der Waals surface area contributed by atoms with Gasteiger partial charge in [0, 0.05) is 11.8 Å². The second-order valence-electron chi connectivity index (χ2n) is 4.37. The van der Waals surface area contributed by atoms with Crippen LogP contribution in [0.3, 0.4) is 0 Å². The molecule has 0 spiro atoms. The highest BCUT2D eigenvalue weighted by Gasteiger charge is 2.31. The topological polar surface area (TPSA) is 31.4 Å². The maximum absolute atomic E-state index is 12.2. The van der Waals surface area contributed by atoms with Crippen molar-refractivity contribution < 1.29 is 22.6 Å². The largest absolute Gasteiger partial charge is 0.573 e.